The average Bonchev–Trinajstić information content (AvgIpc) is 3.29. The SMILES string of the molecule is Cc1ccc(C)n1-c1ccc(C(=O)OCC(=O)c2c[nH]c3ccccc23)cc1. The number of ether oxygens (including phenoxy) is 1. The third-order valence-electron chi connectivity index (χ3n) is 4.86. The number of aromatic amines is 1. The Bertz CT molecular complexity index is 1150. The maximum atomic E-state index is 12.4. The molecule has 0 saturated heterocycles. The molecule has 4 aromatic rings. The number of hydrogen-bond donors (Lipinski definition) is 1. The van der Waals surface area contributed by atoms with Gasteiger partial charge in [0, 0.05) is 39.7 Å². The van der Waals surface area contributed by atoms with Gasteiger partial charge in [-0.3, -0.25) is 4.79 Å². The molecule has 1 N–H and O–H groups in total. The zero-order chi connectivity index (χ0) is 19.7. The van der Waals surface area contributed by atoms with Gasteiger partial charge in [0.15, 0.2) is 6.61 Å². The van der Waals surface area contributed by atoms with E-state index in [1.54, 1.807) is 18.3 Å². The number of rotatable bonds is 5. The van der Waals surface area contributed by atoms with Crippen LogP contribution in [0, 0.1) is 13.8 Å². The maximum absolute atomic E-state index is 12.4. The van der Waals surface area contributed by atoms with E-state index in [1.807, 2.05) is 62.4 Å². The Hall–Kier alpha value is -3.60. The molecular weight excluding hydrogens is 352 g/mol. The molecule has 0 aliphatic rings. The van der Waals surface area contributed by atoms with Crippen molar-refractivity contribution in [3.05, 3.63) is 89.4 Å². The van der Waals surface area contributed by atoms with Crippen molar-refractivity contribution in [2.75, 3.05) is 6.61 Å². The highest BCUT2D eigenvalue weighted by Gasteiger charge is 2.15. The van der Waals surface area contributed by atoms with Crippen molar-refractivity contribution >= 4 is 22.7 Å². The number of H-pyrrole nitrogens is 1. The molecule has 0 aliphatic carbocycles. The molecule has 0 saturated carbocycles. The molecule has 0 aliphatic heterocycles. The standard InChI is InChI=1S/C23H20N2O3/c1-15-7-8-16(2)25(15)18-11-9-17(10-12-18)23(27)28-14-22(26)20-13-24-21-6-4-3-5-19(20)21/h3-13,24H,14H2,1-2H3. The van der Waals surface area contributed by atoms with Gasteiger partial charge in [0.2, 0.25) is 5.78 Å². The second-order valence-electron chi connectivity index (χ2n) is 6.75. The molecule has 2 heterocycles. The number of aryl methyl sites for hydroxylation is 2. The van der Waals surface area contributed by atoms with Crippen molar-refractivity contribution in [1.82, 2.24) is 9.55 Å². The van der Waals surface area contributed by atoms with Crippen molar-refractivity contribution in [2.24, 2.45) is 0 Å². The van der Waals surface area contributed by atoms with Crippen LogP contribution in [-0.2, 0) is 4.74 Å². The van der Waals surface area contributed by atoms with Crippen molar-refractivity contribution in [2.45, 2.75) is 13.8 Å². The van der Waals surface area contributed by atoms with Crippen LogP contribution in [0.3, 0.4) is 0 Å². The molecule has 0 spiro atoms. The summed E-state index contributed by atoms with van der Waals surface area (Å²) < 4.78 is 7.34. The van der Waals surface area contributed by atoms with Gasteiger partial charge < -0.3 is 14.3 Å². The summed E-state index contributed by atoms with van der Waals surface area (Å²) in [5, 5.41) is 0.824. The summed E-state index contributed by atoms with van der Waals surface area (Å²) in [4.78, 5) is 27.8. The minimum absolute atomic E-state index is 0.235. The molecule has 2 aromatic carbocycles. The minimum Gasteiger partial charge on any atom is -0.454 e. The van der Waals surface area contributed by atoms with E-state index in [0.29, 0.717) is 11.1 Å². The summed E-state index contributed by atoms with van der Waals surface area (Å²) in [7, 11) is 0. The van der Waals surface area contributed by atoms with Gasteiger partial charge in [-0.25, -0.2) is 4.79 Å². The number of fused-ring (bicyclic) bond motifs is 1. The fourth-order valence-electron chi connectivity index (χ4n) is 3.42. The van der Waals surface area contributed by atoms with E-state index < -0.39 is 5.97 Å². The van der Waals surface area contributed by atoms with Gasteiger partial charge >= 0.3 is 5.97 Å². The van der Waals surface area contributed by atoms with Gasteiger partial charge in [0.05, 0.1) is 5.56 Å². The minimum atomic E-state index is -0.513. The Balaban J connectivity index is 1.44. The average molecular weight is 372 g/mol. The second-order valence-corrected chi connectivity index (χ2v) is 6.75. The van der Waals surface area contributed by atoms with E-state index in [0.717, 1.165) is 28.0 Å². The van der Waals surface area contributed by atoms with Crippen LogP contribution in [-0.4, -0.2) is 27.9 Å². The molecule has 0 radical (unpaired) electrons. The van der Waals surface area contributed by atoms with Crippen LogP contribution in [0.5, 0.6) is 0 Å². The number of benzene rings is 2. The number of aromatic nitrogens is 2. The molecule has 4 rings (SSSR count). The van der Waals surface area contributed by atoms with Crippen LogP contribution in [0.4, 0.5) is 0 Å². The Labute approximate surface area is 162 Å². The Kier molecular flexibility index (Phi) is 4.57. The van der Waals surface area contributed by atoms with Crippen LogP contribution < -0.4 is 0 Å². The van der Waals surface area contributed by atoms with Crippen LogP contribution in [0.25, 0.3) is 16.6 Å². The van der Waals surface area contributed by atoms with Crippen molar-refractivity contribution in [1.29, 1.82) is 0 Å². The van der Waals surface area contributed by atoms with Crippen LogP contribution >= 0.6 is 0 Å². The Morgan fingerprint density at radius 2 is 1.61 bits per heavy atom. The van der Waals surface area contributed by atoms with E-state index in [2.05, 4.69) is 9.55 Å². The Morgan fingerprint density at radius 1 is 0.929 bits per heavy atom. The van der Waals surface area contributed by atoms with E-state index >= 15 is 0 Å². The van der Waals surface area contributed by atoms with Crippen LogP contribution in [0.15, 0.2) is 66.9 Å². The molecule has 28 heavy (non-hydrogen) atoms. The van der Waals surface area contributed by atoms with Crippen molar-refractivity contribution < 1.29 is 14.3 Å². The van der Waals surface area contributed by atoms with Crippen LogP contribution in [0.1, 0.15) is 32.1 Å². The molecule has 0 unspecified atom stereocenters. The van der Waals surface area contributed by atoms with E-state index in [-0.39, 0.29) is 12.4 Å². The number of esters is 1. The number of nitrogens with one attached hydrogen (secondary N) is 1. The zero-order valence-corrected chi connectivity index (χ0v) is 15.7. The monoisotopic (exact) mass is 372 g/mol. The molecular formula is C23H20N2O3. The summed E-state index contributed by atoms with van der Waals surface area (Å²) in [6, 6.07) is 18.8. The van der Waals surface area contributed by atoms with Gasteiger partial charge in [-0.1, -0.05) is 18.2 Å². The largest absolute Gasteiger partial charge is 0.454 e. The molecule has 0 fully saturated rings. The number of carbonyl (C=O) groups excluding carboxylic acids is 2. The van der Waals surface area contributed by atoms with Gasteiger partial charge in [0.1, 0.15) is 0 Å². The number of nitrogens with zero attached hydrogens (tertiary/aromatic N) is 1. The third-order valence-corrected chi connectivity index (χ3v) is 4.86. The molecule has 5 nitrogen and oxygen atoms in total. The predicted octanol–water partition coefficient (Wildman–Crippen LogP) is 4.62. The lowest BCUT2D eigenvalue weighted by Gasteiger charge is -2.10. The first-order valence-corrected chi connectivity index (χ1v) is 9.06. The maximum Gasteiger partial charge on any atom is 0.338 e. The topological polar surface area (TPSA) is 64.1 Å². The summed E-state index contributed by atoms with van der Waals surface area (Å²) >= 11 is 0. The highest BCUT2D eigenvalue weighted by atomic mass is 16.5. The first-order chi connectivity index (χ1) is 13.5. The van der Waals surface area contributed by atoms with Gasteiger partial charge in [-0.2, -0.15) is 0 Å². The number of para-hydroxylation sites is 1. The van der Waals surface area contributed by atoms with Gasteiger partial charge in [-0.15, -0.1) is 0 Å². The van der Waals surface area contributed by atoms with Crippen molar-refractivity contribution in [3.63, 3.8) is 0 Å². The molecule has 0 amide bonds. The molecule has 0 atom stereocenters. The summed E-state index contributed by atoms with van der Waals surface area (Å²) in [5.74, 6) is -0.748. The van der Waals surface area contributed by atoms with Gasteiger partial charge in [0.25, 0.3) is 0 Å². The fourth-order valence-corrected chi connectivity index (χ4v) is 3.42. The first-order valence-electron chi connectivity index (χ1n) is 9.06. The van der Waals surface area contributed by atoms with Gasteiger partial charge in [-0.05, 0) is 56.3 Å². The van der Waals surface area contributed by atoms with Crippen molar-refractivity contribution in [3.8, 4) is 5.69 Å². The fraction of sp³-hybridized carbons (Fsp3) is 0.130. The lowest BCUT2D eigenvalue weighted by molar-refractivity contribution is 0.0475. The zero-order valence-electron chi connectivity index (χ0n) is 15.7. The predicted molar refractivity (Wildman–Crippen MR) is 108 cm³/mol. The molecule has 0 bridgehead atoms. The number of carbonyl (C=O) groups is 2. The normalized spacial score (nSPS) is 10.9. The van der Waals surface area contributed by atoms with E-state index in [4.69, 9.17) is 4.74 Å². The van der Waals surface area contributed by atoms with E-state index in [9.17, 15) is 9.59 Å². The Morgan fingerprint density at radius 3 is 2.32 bits per heavy atom. The number of ketones is 1. The van der Waals surface area contributed by atoms with E-state index in [1.165, 1.54) is 0 Å². The van der Waals surface area contributed by atoms with Crippen LogP contribution in [0.2, 0.25) is 0 Å². The summed E-state index contributed by atoms with van der Waals surface area (Å²) in [5.41, 5.74) is 5.04. The quantitative estimate of drug-likeness (QED) is 0.411. The molecule has 2 aromatic heterocycles. The first kappa shape index (κ1) is 17.8. The summed E-state index contributed by atoms with van der Waals surface area (Å²) in [6.45, 7) is 3.77. The lowest BCUT2D eigenvalue weighted by atomic mass is 10.1. The third kappa shape index (κ3) is 3.22. The number of hydrogen-bond acceptors (Lipinski definition) is 3. The highest BCUT2D eigenvalue weighted by molar-refractivity contribution is 6.09. The second kappa shape index (κ2) is 7.19. The molecule has 140 valence electrons. The summed E-state index contributed by atoms with van der Waals surface area (Å²) in [6.07, 6.45) is 1.65. The lowest BCUT2D eigenvalue weighted by Crippen LogP contribution is -2.14. The number of Topliss-reactive ketones (excluding diaryl/α,β-unsaturated/α-hetero) is 1. The molecule has 5 heteroatoms. The smallest absolute Gasteiger partial charge is 0.338 e. The highest BCUT2D eigenvalue weighted by Crippen LogP contribution is 2.19.